The molecule has 0 aromatic heterocycles. The first-order chi connectivity index (χ1) is 7.53. The van der Waals surface area contributed by atoms with E-state index in [2.05, 4.69) is 5.32 Å². The number of amides is 2. The normalized spacial score (nSPS) is 24.5. The van der Waals surface area contributed by atoms with Crippen molar-refractivity contribution in [2.45, 2.75) is 58.5 Å². The molecule has 1 N–H and O–H groups in total. The van der Waals surface area contributed by atoms with Gasteiger partial charge in [-0.15, -0.1) is 0 Å². The van der Waals surface area contributed by atoms with Crippen molar-refractivity contribution >= 4 is 11.8 Å². The van der Waals surface area contributed by atoms with Crippen LogP contribution in [-0.2, 0) is 9.59 Å². The Kier molecular flexibility index (Phi) is 3.94. The van der Waals surface area contributed by atoms with E-state index < -0.39 is 5.54 Å². The van der Waals surface area contributed by atoms with Crippen molar-refractivity contribution in [3.05, 3.63) is 0 Å². The van der Waals surface area contributed by atoms with Gasteiger partial charge in [0.05, 0.1) is 0 Å². The first kappa shape index (κ1) is 13.0. The molecule has 0 spiro atoms. The molecule has 0 aliphatic carbocycles. The maximum atomic E-state index is 12.1. The lowest BCUT2D eigenvalue weighted by molar-refractivity contribution is -0.157. The summed E-state index contributed by atoms with van der Waals surface area (Å²) in [5.74, 6) is 0.0446. The van der Waals surface area contributed by atoms with Crippen molar-refractivity contribution in [3.8, 4) is 0 Å². The van der Waals surface area contributed by atoms with Crippen LogP contribution in [0.3, 0.4) is 0 Å². The van der Waals surface area contributed by atoms with Gasteiger partial charge >= 0.3 is 0 Å². The summed E-state index contributed by atoms with van der Waals surface area (Å²) in [5.41, 5.74) is -0.625. The summed E-state index contributed by atoms with van der Waals surface area (Å²) in [5, 5.41) is 2.78. The zero-order valence-corrected chi connectivity index (χ0v) is 10.7. The van der Waals surface area contributed by atoms with Crippen LogP contribution < -0.4 is 5.32 Å². The number of carbonyl (C=O) groups excluding carboxylic acids is 2. The summed E-state index contributed by atoms with van der Waals surface area (Å²) in [4.78, 5) is 26.0. The Hall–Kier alpha value is -1.06. The van der Waals surface area contributed by atoms with Crippen molar-refractivity contribution < 1.29 is 9.59 Å². The lowest BCUT2D eigenvalue weighted by Gasteiger charge is -2.47. The molecule has 0 aromatic carbocycles. The Bertz CT molecular complexity index is 285. The van der Waals surface area contributed by atoms with E-state index in [0.717, 1.165) is 6.42 Å². The number of piperazine rings is 1. The van der Waals surface area contributed by atoms with Crippen molar-refractivity contribution in [2.24, 2.45) is 0 Å². The molecule has 1 aliphatic rings. The standard InChI is InChI=1S/C12H22N2O2/c1-5-8-14-10(15)9(4)13-11(16)12(14,6-2)7-3/h9H,5-8H2,1-4H3,(H,13,16). The SMILES string of the molecule is CCCN1C(=O)C(C)NC(=O)C1(CC)CC. The van der Waals surface area contributed by atoms with Gasteiger partial charge in [0.2, 0.25) is 11.8 Å². The number of hydrogen-bond acceptors (Lipinski definition) is 2. The van der Waals surface area contributed by atoms with Crippen LogP contribution in [0.1, 0.15) is 47.0 Å². The molecule has 1 atom stereocenters. The van der Waals surface area contributed by atoms with Crippen LogP contribution in [0.4, 0.5) is 0 Å². The van der Waals surface area contributed by atoms with E-state index in [1.807, 2.05) is 20.8 Å². The summed E-state index contributed by atoms with van der Waals surface area (Å²) >= 11 is 0. The molecule has 1 fully saturated rings. The largest absolute Gasteiger partial charge is 0.343 e. The molecule has 16 heavy (non-hydrogen) atoms. The number of nitrogens with zero attached hydrogens (tertiary/aromatic N) is 1. The molecule has 4 nitrogen and oxygen atoms in total. The number of rotatable bonds is 4. The van der Waals surface area contributed by atoms with Crippen LogP contribution in [0.25, 0.3) is 0 Å². The van der Waals surface area contributed by atoms with Gasteiger partial charge in [-0.3, -0.25) is 9.59 Å². The zero-order chi connectivity index (χ0) is 12.3. The second-order valence-electron chi connectivity index (χ2n) is 4.42. The molecule has 2 amide bonds. The van der Waals surface area contributed by atoms with Crippen molar-refractivity contribution in [3.63, 3.8) is 0 Å². The van der Waals surface area contributed by atoms with Gasteiger partial charge in [-0.05, 0) is 26.2 Å². The molecule has 1 saturated heterocycles. The van der Waals surface area contributed by atoms with E-state index in [-0.39, 0.29) is 17.9 Å². The van der Waals surface area contributed by atoms with Crippen LogP contribution in [0.2, 0.25) is 0 Å². The van der Waals surface area contributed by atoms with Gasteiger partial charge in [0, 0.05) is 6.54 Å². The second kappa shape index (κ2) is 4.85. The van der Waals surface area contributed by atoms with Gasteiger partial charge in [-0.1, -0.05) is 20.8 Å². The molecule has 0 saturated carbocycles. The van der Waals surface area contributed by atoms with E-state index in [9.17, 15) is 9.59 Å². The van der Waals surface area contributed by atoms with E-state index >= 15 is 0 Å². The monoisotopic (exact) mass is 226 g/mol. The highest BCUT2D eigenvalue weighted by atomic mass is 16.2. The van der Waals surface area contributed by atoms with Gasteiger partial charge in [-0.25, -0.2) is 0 Å². The highest BCUT2D eigenvalue weighted by Gasteiger charge is 2.48. The molecule has 4 heteroatoms. The molecular weight excluding hydrogens is 204 g/mol. The summed E-state index contributed by atoms with van der Waals surface area (Å²) in [6.07, 6.45) is 2.23. The van der Waals surface area contributed by atoms with Gasteiger partial charge in [0.25, 0.3) is 0 Å². The number of carbonyl (C=O) groups is 2. The maximum absolute atomic E-state index is 12.1. The average Bonchev–Trinajstić information content (AvgIpc) is 2.27. The fourth-order valence-electron chi connectivity index (χ4n) is 2.46. The van der Waals surface area contributed by atoms with E-state index in [1.54, 1.807) is 11.8 Å². The summed E-state index contributed by atoms with van der Waals surface area (Å²) < 4.78 is 0. The van der Waals surface area contributed by atoms with Gasteiger partial charge < -0.3 is 10.2 Å². The minimum absolute atomic E-state index is 0.00181. The summed E-state index contributed by atoms with van der Waals surface area (Å²) in [6, 6.07) is -0.384. The number of hydrogen-bond donors (Lipinski definition) is 1. The lowest BCUT2D eigenvalue weighted by atomic mass is 9.86. The fraction of sp³-hybridized carbons (Fsp3) is 0.833. The molecule has 0 aromatic rings. The van der Waals surface area contributed by atoms with Crippen LogP contribution in [-0.4, -0.2) is 34.8 Å². The maximum Gasteiger partial charge on any atom is 0.246 e. The minimum Gasteiger partial charge on any atom is -0.343 e. The van der Waals surface area contributed by atoms with Crippen molar-refractivity contribution in [1.29, 1.82) is 0 Å². The van der Waals surface area contributed by atoms with Crippen LogP contribution in [0.15, 0.2) is 0 Å². The molecule has 0 radical (unpaired) electrons. The highest BCUT2D eigenvalue weighted by molar-refractivity contribution is 5.99. The van der Waals surface area contributed by atoms with E-state index in [4.69, 9.17) is 0 Å². The van der Waals surface area contributed by atoms with Crippen LogP contribution in [0.5, 0.6) is 0 Å². The van der Waals surface area contributed by atoms with Crippen molar-refractivity contribution in [2.75, 3.05) is 6.54 Å². The Morgan fingerprint density at radius 2 is 1.81 bits per heavy atom. The number of nitrogens with one attached hydrogen (secondary N) is 1. The Labute approximate surface area is 97.4 Å². The smallest absolute Gasteiger partial charge is 0.246 e. The zero-order valence-electron chi connectivity index (χ0n) is 10.7. The molecule has 1 rings (SSSR count). The Morgan fingerprint density at radius 1 is 1.25 bits per heavy atom. The third kappa shape index (κ3) is 1.81. The van der Waals surface area contributed by atoms with E-state index in [0.29, 0.717) is 19.4 Å². The topological polar surface area (TPSA) is 49.4 Å². The van der Waals surface area contributed by atoms with Gasteiger partial charge in [0.15, 0.2) is 0 Å². The van der Waals surface area contributed by atoms with Crippen LogP contribution >= 0.6 is 0 Å². The molecule has 0 bridgehead atoms. The molecule has 92 valence electrons. The molecule has 1 heterocycles. The minimum atomic E-state index is -0.625. The molecule has 1 aliphatic heterocycles. The third-order valence-corrected chi connectivity index (χ3v) is 3.54. The first-order valence-corrected chi connectivity index (χ1v) is 6.15. The third-order valence-electron chi connectivity index (χ3n) is 3.54. The average molecular weight is 226 g/mol. The van der Waals surface area contributed by atoms with Gasteiger partial charge in [0.1, 0.15) is 11.6 Å². The highest BCUT2D eigenvalue weighted by Crippen LogP contribution is 2.28. The molecular formula is C12H22N2O2. The predicted molar refractivity (Wildman–Crippen MR) is 62.9 cm³/mol. The van der Waals surface area contributed by atoms with Crippen molar-refractivity contribution in [1.82, 2.24) is 10.2 Å². The quantitative estimate of drug-likeness (QED) is 0.785. The summed E-state index contributed by atoms with van der Waals surface area (Å²) in [7, 11) is 0. The molecule has 1 unspecified atom stereocenters. The van der Waals surface area contributed by atoms with Gasteiger partial charge in [-0.2, -0.15) is 0 Å². The Balaban J connectivity index is 3.09. The summed E-state index contributed by atoms with van der Waals surface area (Å²) in [6.45, 7) is 8.38. The Morgan fingerprint density at radius 3 is 2.25 bits per heavy atom. The van der Waals surface area contributed by atoms with E-state index in [1.165, 1.54) is 0 Å². The second-order valence-corrected chi connectivity index (χ2v) is 4.42. The lowest BCUT2D eigenvalue weighted by Crippen LogP contribution is -2.69. The fourth-order valence-corrected chi connectivity index (χ4v) is 2.46. The van der Waals surface area contributed by atoms with Crippen LogP contribution in [0, 0.1) is 0 Å². The predicted octanol–water partition coefficient (Wildman–Crippen LogP) is 1.30. The first-order valence-electron chi connectivity index (χ1n) is 6.15.